The first-order valence-corrected chi connectivity index (χ1v) is 7.52. The van der Waals surface area contributed by atoms with Crippen molar-refractivity contribution < 1.29 is 4.79 Å². The topological polar surface area (TPSA) is 23.6 Å². The Labute approximate surface area is 120 Å². The van der Waals surface area contributed by atoms with Crippen LogP contribution in [0.15, 0.2) is 36.9 Å². The highest BCUT2D eigenvalue weighted by atomic mass is 16.2. The monoisotopic (exact) mass is 270 g/mol. The van der Waals surface area contributed by atoms with Crippen LogP contribution in [-0.4, -0.2) is 37.0 Å². The van der Waals surface area contributed by atoms with Crippen LogP contribution in [0.2, 0.25) is 0 Å². The number of hydrogen-bond donors (Lipinski definition) is 0. The maximum atomic E-state index is 11.6. The van der Waals surface area contributed by atoms with Gasteiger partial charge < -0.3 is 9.80 Å². The van der Waals surface area contributed by atoms with Crippen LogP contribution in [0.1, 0.15) is 18.4 Å². The lowest BCUT2D eigenvalue weighted by Gasteiger charge is -2.34. The predicted octanol–water partition coefficient (Wildman–Crippen LogP) is 2.47. The highest BCUT2D eigenvalue weighted by Crippen LogP contribution is 2.30. The van der Waals surface area contributed by atoms with Gasteiger partial charge in [-0.05, 0) is 42.9 Å². The number of carbonyl (C=O) groups is 1. The van der Waals surface area contributed by atoms with Crippen molar-refractivity contribution in [2.24, 2.45) is 5.92 Å². The molecule has 3 nitrogen and oxygen atoms in total. The van der Waals surface area contributed by atoms with Gasteiger partial charge in [0.1, 0.15) is 0 Å². The van der Waals surface area contributed by atoms with Gasteiger partial charge in [-0.1, -0.05) is 24.8 Å². The van der Waals surface area contributed by atoms with Crippen molar-refractivity contribution in [3.63, 3.8) is 0 Å². The molecular weight excluding hydrogens is 248 g/mol. The van der Waals surface area contributed by atoms with E-state index in [0.717, 1.165) is 39.0 Å². The van der Waals surface area contributed by atoms with E-state index in [9.17, 15) is 4.79 Å². The predicted molar refractivity (Wildman–Crippen MR) is 81.9 cm³/mol. The van der Waals surface area contributed by atoms with E-state index in [1.54, 1.807) is 0 Å². The summed E-state index contributed by atoms with van der Waals surface area (Å²) < 4.78 is 0. The minimum absolute atomic E-state index is 0.0787. The van der Waals surface area contributed by atoms with E-state index >= 15 is 0 Å². The third-order valence-electron chi connectivity index (χ3n) is 4.56. The molecule has 1 aromatic rings. The van der Waals surface area contributed by atoms with E-state index in [2.05, 4.69) is 35.7 Å². The number of hydrogen-bond acceptors (Lipinski definition) is 2. The summed E-state index contributed by atoms with van der Waals surface area (Å²) in [6, 6.07) is 8.73. The molecule has 1 aromatic carbocycles. The molecule has 0 atom stereocenters. The van der Waals surface area contributed by atoms with Gasteiger partial charge in [-0.3, -0.25) is 4.79 Å². The molecule has 0 aliphatic carbocycles. The Hall–Kier alpha value is -1.77. The Morgan fingerprint density at radius 2 is 2.00 bits per heavy atom. The van der Waals surface area contributed by atoms with Crippen LogP contribution in [0, 0.1) is 5.92 Å². The first-order valence-electron chi connectivity index (χ1n) is 7.52. The van der Waals surface area contributed by atoms with Crippen molar-refractivity contribution in [1.82, 2.24) is 4.90 Å². The van der Waals surface area contributed by atoms with Crippen LogP contribution in [0.3, 0.4) is 0 Å². The molecule has 0 unspecified atom stereocenters. The average Bonchev–Trinajstić information content (AvgIpc) is 2.91. The fourth-order valence-corrected chi connectivity index (χ4v) is 3.37. The van der Waals surface area contributed by atoms with Crippen molar-refractivity contribution in [2.75, 3.05) is 31.1 Å². The molecule has 2 heterocycles. The zero-order valence-electron chi connectivity index (χ0n) is 11.9. The molecule has 20 heavy (non-hydrogen) atoms. The molecule has 1 fully saturated rings. The van der Waals surface area contributed by atoms with Crippen LogP contribution in [0.4, 0.5) is 5.69 Å². The number of benzene rings is 1. The van der Waals surface area contributed by atoms with Crippen LogP contribution in [-0.2, 0) is 11.2 Å². The van der Waals surface area contributed by atoms with Gasteiger partial charge >= 0.3 is 0 Å². The van der Waals surface area contributed by atoms with Crippen molar-refractivity contribution >= 4 is 11.6 Å². The molecule has 0 radical (unpaired) electrons. The Balaban J connectivity index is 1.56. The normalized spacial score (nSPS) is 19.0. The summed E-state index contributed by atoms with van der Waals surface area (Å²) in [4.78, 5) is 16.0. The number of nitrogens with zero attached hydrogens (tertiary/aromatic N) is 2. The van der Waals surface area contributed by atoms with E-state index in [4.69, 9.17) is 0 Å². The average molecular weight is 270 g/mol. The van der Waals surface area contributed by atoms with Crippen molar-refractivity contribution in [2.45, 2.75) is 19.3 Å². The second-order valence-electron chi connectivity index (χ2n) is 5.80. The number of fused-ring (bicyclic) bond motifs is 1. The summed E-state index contributed by atoms with van der Waals surface area (Å²) in [6.07, 6.45) is 4.82. The molecule has 3 heteroatoms. The molecule has 3 rings (SSSR count). The molecule has 0 saturated carbocycles. The number of para-hydroxylation sites is 1. The molecule has 0 N–H and O–H groups in total. The minimum Gasteiger partial charge on any atom is -0.371 e. The Morgan fingerprint density at radius 3 is 2.75 bits per heavy atom. The van der Waals surface area contributed by atoms with Gasteiger partial charge in [-0.2, -0.15) is 0 Å². The van der Waals surface area contributed by atoms with Gasteiger partial charge in [0.05, 0.1) is 0 Å². The van der Waals surface area contributed by atoms with E-state index in [1.807, 2.05) is 4.90 Å². The number of amides is 1. The lowest BCUT2D eigenvalue weighted by Crippen LogP contribution is -2.40. The zero-order valence-corrected chi connectivity index (χ0v) is 11.9. The van der Waals surface area contributed by atoms with Gasteiger partial charge in [0.2, 0.25) is 5.91 Å². The third kappa shape index (κ3) is 2.58. The fraction of sp³-hybridized carbons (Fsp3) is 0.471. The molecule has 0 bridgehead atoms. The van der Waals surface area contributed by atoms with Gasteiger partial charge in [0, 0.05) is 31.9 Å². The maximum absolute atomic E-state index is 11.6. The van der Waals surface area contributed by atoms with E-state index in [1.165, 1.54) is 23.7 Å². The summed E-state index contributed by atoms with van der Waals surface area (Å²) in [6.45, 7) is 7.60. The quantitative estimate of drug-likeness (QED) is 0.788. The Kier molecular flexibility index (Phi) is 3.77. The highest BCUT2D eigenvalue weighted by Gasteiger charge is 2.25. The molecule has 1 saturated heterocycles. The Morgan fingerprint density at radius 1 is 1.25 bits per heavy atom. The zero-order chi connectivity index (χ0) is 13.9. The molecule has 1 amide bonds. The van der Waals surface area contributed by atoms with Crippen LogP contribution in [0.5, 0.6) is 0 Å². The SMILES string of the molecule is C=CC(=O)N1CCC(CN2CCc3ccccc32)CC1. The number of likely N-dealkylation sites (tertiary alicyclic amines) is 1. The minimum atomic E-state index is 0.0787. The van der Waals surface area contributed by atoms with Crippen molar-refractivity contribution in [1.29, 1.82) is 0 Å². The summed E-state index contributed by atoms with van der Waals surface area (Å²) in [7, 11) is 0. The molecule has 2 aliphatic rings. The van der Waals surface area contributed by atoms with E-state index in [0.29, 0.717) is 5.92 Å². The van der Waals surface area contributed by atoms with Crippen LogP contribution in [0.25, 0.3) is 0 Å². The highest BCUT2D eigenvalue weighted by molar-refractivity contribution is 5.87. The maximum Gasteiger partial charge on any atom is 0.245 e. The number of piperidine rings is 1. The van der Waals surface area contributed by atoms with E-state index in [-0.39, 0.29) is 5.91 Å². The summed E-state index contributed by atoms with van der Waals surface area (Å²) in [5.41, 5.74) is 2.89. The summed E-state index contributed by atoms with van der Waals surface area (Å²) in [5.74, 6) is 0.782. The van der Waals surface area contributed by atoms with Gasteiger partial charge in [0.25, 0.3) is 0 Å². The van der Waals surface area contributed by atoms with Crippen LogP contribution >= 0.6 is 0 Å². The lowest BCUT2D eigenvalue weighted by molar-refractivity contribution is -0.127. The fourth-order valence-electron chi connectivity index (χ4n) is 3.37. The largest absolute Gasteiger partial charge is 0.371 e. The van der Waals surface area contributed by atoms with Crippen molar-refractivity contribution in [3.05, 3.63) is 42.5 Å². The first kappa shape index (κ1) is 13.2. The lowest BCUT2D eigenvalue weighted by atomic mass is 9.96. The number of carbonyl (C=O) groups excluding carboxylic acids is 1. The van der Waals surface area contributed by atoms with E-state index < -0.39 is 0 Å². The molecule has 0 spiro atoms. The number of anilines is 1. The second-order valence-corrected chi connectivity index (χ2v) is 5.80. The van der Waals surface area contributed by atoms with Crippen molar-refractivity contribution in [3.8, 4) is 0 Å². The summed E-state index contributed by atoms with van der Waals surface area (Å²) in [5, 5.41) is 0. The van der Waals surface area contributed by atoms with Crippen LogP contribution < -0.4 is 4.90 Å². The molecule has 0 aromatic heterocycles. The van der Waals surface area contributed by atoms with Gasteiger partial charge in [-0.25, -0.2) is 0 Å². The molecule has 106 valence electrons. The third-order valence-corrected chi connectivity index (χ3v) is 4.56. The molecular formula is C17H22N2O. The first-order chi connectivity index (χ1) is 9.78. The Bertz CT molecular complexity index is 503. The standard InChI is InChI=1S/C17H22N2O/c1-2-17(20)18-10-7-14(8-11-18)13-19-12-9-15-5-3-4-6-16(15)19/h2-6,14H,1,7-13H2. The second kappa shape index (κ2) is 5.70. The van der Waals surface area contributed by atoms with Gasteiger partial charge in [-0.15, -0.1) is 0 Å². The molecule has 2 aliphatic heterocycles. The number of rotatable bonds is 3. The van der Waals surface area contributed by atoms with Gasteiger partial charge in [0.15, 0.2) is 0 Å². The smallest absolute Gasteiger partial charge is 0.245 e. The summed E-state index contributed by atoms with van der Waals surface area (Å²) >= 11 is 0.